The molecule has 0 aliphatic carbocycles. The van der Waals surface area contributed by atoms with Crippen molar-refractivity contribution in [2.45, 2.75) is 25.8 Å². The summed E-state index contributed by atoms with van der Waals surface area (Å²) >= 11 is 1.99. The van der Waals surface area contributed by atoms with Crippen LogP contribution < -0.4 is 5.32 Å². The lowest BCUT2D eigenvalue weighted by Gasteiger charge is -2.24. The van der Waals surface area contributed by atoms with E-state index in [-0.39, 0.29) is 5.97 Å². The highest BCUT2D eigenvalue weighted by atomic mass is 32.2. The van der Waals surface area contributed by atoms with Crippen molar-refractivity contribution in [2.24, 2.45) is 5.92 Å². The topological polar surface area (TPSA) is 38.3 Å². The van der Waals surface area contributed by atoms with Crippen molar-refractivity contribution >= 4 is 17.7 Å². The summed E-state index contributed by atoms with van der Waals surface area (Å²) in [5.41, 5.74) is -0.554. The van der Waals surface area contributed by atoms with Gasteiger partial charge in [-0.25, -0.2) is 0 Å². The van der Waals surface area contributed by atoms with Crippen LogP contribution >= 0.6 is 11.8 Å². The predicted octanol–water partition coefficient (Wildman–Crippen LogP) is 1.28. The predicted molar refractivity (Wildman–Crippen MR) is 59.5 cm³/mol. The number of thioether (sulfide) groups is 1. The third-order valence-electron chi connectivity index (χ3n) is 2.55. The number of carbonyl (C=O) groups is 1. The van der Waals surface area contributed by atoms with Gasteiger partial charge in [0.15, 0.2) is 0 Å². The van der Waals surface area contributed by atoms with E-state index in [9.17, 15) is 4.79 Å². The van der Waals surface area contributed by atoms with E-state index in [1.165, 1.54) is 25.0 Å². The number of nitrogens with one attached hydrogen (secondary N) is 1. The summed E-state index contributed by atoms with van der Waals surface area (Å²) < 4.78 is 4.72. The lowest BCUT2D eigenvalue weighted by atomic mass is 10.0. The number of hydrogen-bond acceptors (Lipinski definition) is 4. The van der Waals surface area contributed by atoms with E-state index in [0.717, 1.165) is 6.54 Å². The molecular weight excluding hydrogens is 198 g/mol. The molecule has 0 amide bonds. The average Bonchev–Trinajstić information content (AvgIpc) is 2.66. The Balaban J connectivity index is 2.31. The summed E-state index contributed by atoms with van der Waals surface area (Å²) in [4.78, 5) is 11.3. The Morgan fingerprint density at radius 2 is 2.36 bits per heavy atom. The number of carbonyl (C=O) groups excluding carboxylic acids is 1. The summed E-state index contributed by atoms with van der Waals surface area (Å²) in [5, 5.41) is 3.26. The van der Waals surface area contributed by atoms with Crippen molar-refractivity contribution < 1.29 is 9.53 Å². The minimum Gasteiger partial charge on any atom is -0.468 e. The van der Waals surface area contributed by atoms with Crippen LogP contribution in [0.1, 0.15) is 20.3 Å². The fourth-order valence-corrected chi connectivity index (χ4v) is 2.76. The first kappa shape index (κ1) is 11.9. The van der Waals surface area contributed by atoms with Crippen LogP contribution in [0.15, 0.2) is 0 Å². The molecule has 1 fully saturated rings. The molecule has 1 unspecified atom stereocenters. The summed E-state index contributed by atoms with van der Waals surface area (Å²) in [6.45, 7) is 4.64. The van der Waals surface area contributed by atoms with Crippen LogP contribution in [0.3, 0.4) is 0 Å². The molecule has 1 aliphatic rings. The Hall–Kier alpha value is -0.220. The van der Waals surface area contributed by atoms with Gasteiger partial charge in [-0.3, -0.25) is 4.79 Å². The largest absolute Gasteiger partial charge is 0.468 e. The van der Waals surface area contributed by atoms with Crippen molar-refractivity contribution in [3.05, 3.63) is 0 Å². The van der Waals surface area contributed by atoms with Gasteiger partial charge in [0.05, 0.1) is 7.11 Å². The van der Waals surface area contributed by atoms with Gasteiger partial charge in [-0.2, -0.15) is 11.8 Å². The molecule has 4 heteroatoms. The summed E-state index contributed by atoms with van der Waals surface area (Å²) in [6, 6.07) is 0. The molecule has 0 spiro atoms. The number of hydrogen-bond donors (Lipinski definition) is 1. The van der Waals surface area contributed by atoms with E-state index in [4.69, 9.17) is 4.74 Å². The Bertz CT molecular complexity index is 200. The second kappa shape index (κ2) is 5.03. The molecule has 1 atom stereocenters. The van der Waals surface area contributed by atoms with Gasteiger partial charge in [-0.15, -0.1) is 0 Å². The fraction of sp³-hybridized carbons (Fsp3) is 0.900. The van der Waals surface area contributed by atoms with E-state index < -0.39 is 5.54 Å². The molecule has 14 heavy (non-hydrogen) atoms. The fourth-order valence-electron chi connectivity index (χ4n) is 1.47. The molecule has 3 nitrogen and oxygen atoms in total. The first-order chi connectivity index (χ1) is 6.56. The van der Waals surface area contributed by atoms with Gasteiger partial charge < -0.3 is 10.1 Å². The molecule has 0 bridgehead atoms. The van der Waals surface area contributed by atoms with Crippen LogP contribution in [-0.4, -0.2) is 36.7 Å². The molecule has 82 valence electrons. The second-order valence-electron chi connectivity index (χ2n) is 4.23. The minimum atomic E-state index is -0.554. The van der Waals surface area contributed by atoms with Crippen molar-refractivity contribution in [3.8, 4) is 0 Å². The zero-order valence-corrected chi connectivity index (χ0v) is 9.95. The standard InChI is InChI=1S/C10H19NO2S/c1-10(2,9(12)13-3)11-6-8-4-5-14-7-8/h8,11H,4-7H2,1-3H3. The third kappa shape index (κ3) is 3.17. The lowest BCUT2D eigenvalue weighted by Crippen LogP contribution is -2.49. The third-order valence-corrected chi connectivity index (χ3v) is 3.78. The molecule has 1 saturated heterocycles. The second-order valence-corrected chi connectivity index (χ2v) is 5.38. The van der Waals surface area contributed by atoms with E-state index >= 15 is 0 Å². The van der Waals surface area contributed by atoms with Crippen LogP contribution in [0, 0.1) is 5.92 Å². The molecule has 0 aromatic carbocycles. The van der Waals surface area contributed by atoms with Crippen LogP contribution in [0.4, 0.5) is 0 Å². The van der Waals surface area contributed by atoms with Gasteiger partial charge in [-0.1, -0.05) is 0 Å². The maximum atomic E-state index is 11.3. The highest BCUT2D eigenvalue weighted by Crippen LogP contribution is 2.23. The van der Waals surface area contributed by atoms with Crippen LogP contribution in [0.2, 0.25) is 0 Å². The Morgan fingerprint density at radius 3 is 2.86 bits per heavy atom. The van der Waals surface area contributed by atoms with Gasteiger partial charge in [0.25, 0.3) is 0 Å². The average molecular weight is 217 g/mol. The Kier molecular flexibility index (Phi) is 4.26. The van der Waals surface area contributed by atoms with E-state index in [0.29, 0.717) is 5.92 Å². The molecule has 0 saturated carbocycles. The maximum Gasteiger partial charge on any atom is 0.325 e. The molecule has 1 aliphatic heterocycles. The quantitative estimate of drug-likeness (QED) is 0.720. The van der Waals surface area contributed by atoms with Crippen molar-refractivity contribution in [1.82, 2.24) is 5.32 Å². The Morgan fingerprint density at radius 1 is 1.64 bits per heavy atom. The molecule has 0 radical (unpaired) electrons. The van der Waals surface area contributed by atoms with E-state index in [1.54, 1.807) is 0 Å². The summed E-state index contributed by atoms with van der Waals surface area (Å²) in [7, 11) is 1.43. The van der Waals surface area contributed by atoms with Gasteiger partial charge >= 0.3 is 5.97 Å². The van der Waals surface area contributed by atoms with Gasteiger partial charge in [0.1, 0.15) is 5.54 Å². The molecule has 0 aromatic heterocycles. The minimum absolute atomic E-state index is 0.192. The highest BCUT2D eigenvalue weighted by molar-refractivity contribution is 7.99. The molecule has 1 N–H and O–H groups in total. The SMILES string of the molecule is COC(=O)C(C)(C)NCC1CCSC1. The van der Waals surface area contributed by atoms with Crippen molar-refractivity contribution in [1.29, 1.82) is 0 Å². The molecule has 1 rings (SSSR count). The summed E-state index contributed by atoms with van der Waals surface area (Å²) in [5.74, 6) is 2.99. The summed E-state index contributed by atoms with van der Waals surface area (Å²) in [6.07, 6.45) is 1.26. The number of ether oxygens (including phenoxy) is 1. The van der Waals surface area contributed by atoms with Crippen LogP contribution in [-0.2, 0) is 9.53 Å². The lowest BCUT2D eigenvalue weighted by molar-refractivity contribution is -0.147. The monoisotopic (exact) mass is 217 g/mol. The number of esters is 1. The van der Waals surface area contributed by atoms with Crippen molar-refractivity contribution in [2.75, 3.05) is 25.2 Å². The number of rotatable bonds is 4. The zero-order valence-electron chi connectivity index (χ0n) is 9.13. The van der Waals surface area contributed by atoms with Crippen LogP contribution in [0.25, 0.3) is 0 Å². The Labute approximate surface area is 90.0 Å². The maximum absolute atomic E-state index is 11.3. The smallest absolute Gasteiger partial charge is 0.325 e. The molecular formula is C10H19NO2S. The van der Waals surface area contributed by atoms with E-state index in [1.807, 2.05) is 25.6 Å². The normalized spacial score (nSPS) is 22.4. The molecule has 1 heterocycles. The van der Waals surface area contributed by atoms with Gasteiger partial charge in [0.2, 0.25) is 0 Å². The molecule has 0 aromatic rings. The van der Waals surface area contributed by atoms with Crippen molar-refractivity contribution in [3.63, 3.8) is 0 Å². The first-order valence-corrected chi connectivity index (χ1v) is 6.13. The number of methoxy groups -OCH3 is 1. The van der Waals surface area contributed by atoms with Crippen LogP contribution in [0.5, 0.6) is 0 Å². The van der Waals surface area contributed by atoms with E-state index in [2.05, 4.69) is 5.32 Å². The zero-order chi connectivity index (χ0) is 10.6. The highest BCUT2D eigenvalue weighted by Gasteiger charge is 2.29. The van der Waals surface area contributed by atoms with Gasteiger partial charge in [-0.05, 0) is 44.2 Å². The first-order valence-electron chi connectivity index (χ1n) is 4.97. The van der Waals surface area contributed by atoms with Gasteiger partial charge in [0, 0.05) is 0 Å².